The van der Waals surface area contributed by atoms with Crippen LogP contribution in [0.2, 0.25) is 0 Å². The molecule has 0 spiro atoms. The SMILES string of the molecule is Cn1ncc2c(NC(c3ccc(F)cc3)c3cccs3)ncnc21. The van der Waals surface area contributed by atoms with Crippen molar-refractivity contribution >= 4 is 28.2 Å². The van der Waals surface area contributed by atoms with E-state index in [1.54, 1.807) is 34.3 Å². The van der Waals surface area contributed by atoms with E-state index in [0.717, 1.165) is 21.5 Å². The highest BCUT2D eigenvalue weighted by Crippen LogP contribution is 2.31. The summed E-state index contributed by atoms with van der Waals surface area (Å²) in [5, 5.41) is 10.6. The Balaban J connectivity index is 1.78. The minimum Gasteiger partial charge on any atom is -0.358 e. The van der Waals surface area contributed by atoms with Crippen molar-refractivity contribution in [1.82, 2.24) is 19.7 Å². The minimum atomic E-state index is -0.250. The fourth-order valence-electron chi connectivity index (χ4n) is 2.64. The van der Waals surface area contributed by atoms with Crippen LogP contribution in [0.5, 0.6) is 0 Å². The Morgan fingerprint density at radius 2 is 2.00 bits per heavy atom. The summed E-state index contributed by atoms with van der Waals surface area (Å²) in [6, 6.07) is 10.4. The highest BCUT2D eigenvalue weighted by molar-refractivity contribution is 7.10. The van der Waals surface area contributed by atoms with Gasteiger partial charge in [-0.05, 0) is 29.1 Å². The maximum atomic E-state index is 13.3. The minimum absolute atomic E-state index is 0.121. The molecule has 0 aliphatic heterocycles. The number of hydrogen-bond acceptors (Lipinski definition) is 5. The fraction of sp³-hybridized carbons (Fsp3) is 0.118. The molecule has 120 valence electrons. The van der Waals surface area contributed by atoms with Crippen LogP contribution >= 0.6 is 11.3 Å². The van der Waals surface area contributed by atoms with E-state index in [0.29, 0.717) is 5.82 Å². The molecule has 1 atom stereocenters. The van der Waals surface area contributed by atoms with E-state index in [4.69, 9.17) is 0 Å². The smallest absolute Gasteiger partial charge is 0.163 e. The van der Waals surface area contributed by atoms with Crippen molar-refractivity contribution in [2.75, 3.05) is 5.32 Å². The summed E-state index contributed by atoms with van der Waals surface area (Å²) in [6.45, 7) is 0. The van der Waals surface area contributed by atoms with Crippen molar-refractivity contribution in [3.63, 3.8) is 0 Å². The quantitative estimate of drug-likeness (QED) is 0.615. The number of halogens is 1. The van der Waals surface area contributed by atoms with Gasteiger partial charge in [0.25, 0.3) is 0 Å². The number of hydrogen-bond donors (Lipinski definition) is 1. The zero-order valence-corrected chi connectivity index (χ0v) is 13.7. The van der Waals surface area contributed by atoms with Crippen molar-refractivity contribution in [2.45, 2.75) is 6.04 Å². The molecule has 0 amide bonds. The van der Waals surface area contributed by atoms with Gasteiger partial charge in [0.05, 0.1) is 17.6 Å². The molecule has 4 rings (SSSR count). The predicted molar refractivity (Wildman–Crippen MR) is 92.5 cm³/mol. The second-order valence-electron chi connectivity index (χ2n) is 5.37. The second-order valence-corrected chi connectivity index (χ2v) is 6.35. The monoisotopic (exact) mass is 339 g/mol. The first kappa shape index (κ1) is 14.8. The van der Waals surface area contributed by atoms with Crippen molar-refractivity contribution in [2.24, 2.45) is 7.05 Å². The molecule has 4 aromatic rings. The molecular formula is C17H14FN5S. The molecule has 0 saturated heterocycles. The normalized spacial score (nSPS) is 12.4. The van der Waals surface area contributed by atoms with Gasteiger partial charge >= 0.3 is 0 Å². The summed E-state index contributed by atoms with van der Waals surface area (Å²) in [5.41, 5.74) is 1.73. The van der Waals surface area contributed by atoms with Gasteiger partial charge in [-0.3, -0.25) is 4.68 Å². The number of benzene rings is 1. The zero-order valence-electron chi connectivity index (χ0n) is 12.8. The number of anilines is 1. The van der Waals surface area contributed by atoms with E-state index >= 15 is 0 Å². The zero-order chi connectivity index (χ0) is 16.5. The van der Waals surface area contributed by atoms with Gasteiger partial charge in [-0.2, -0.15) is 5.10 Å². The number of fused-ring (bicyclic) bond motifs is 1. The summed E-state index contributed by atoms with van der Waals surface area (Å²) in [7, 11) is 1.84. The third-order valence-electron chi connectivity index (χ3n) is 3.84. The van der Waals surface area contributed by atoms with E-state index in [1.807, 2.05) is 24.6 Å². The van der Waals surface area contributed by atoms with Gasteiger partial charge in [0.15, 0.2) is 5.65 Å². The lowest BCUT2D eigenvalue weighted by Crippen LogP contribution is -2.12. The molecule has 0 bridgehead atoms. The molecule has 1 aromatic carbocycles. The topological polar surface area (TPSA) is 55.6 Å². The first-order valence-corrected chi connectivity index (χ1v) is 8.28. The van der Waals surface area contributed by atoms with Crippen molar-refractivity contribution in [1.29, 1.82) is 0 Å². The summed E-state index contributed by atoms with van der Waals surface area (Å²) < 4.78 is 15.0. The molecule has 3 aromatic heterocycles. The fourth-order valence-corrected chi connectivity index (χ4v) is 3.45. The highest BCUT2D eigenvalue weighted by atomic mass is 32.1. The van der Waals surface area contributed by atoms with Gasteiger partial charge in [0, 0.05) is 11.9 Å². The molecular weight excluding hydrogens is 325 g/mol. The molecule has 3 heterocycles. The van der Waals surface area contributed by atoms with Crippen LogP contribution in [-0.4, -0.2) is 19.7 Å². The van der Waals surface area contributed by atoms with Crippen molar-refractivity contribution in [3.05, 3.63) is 70.6 Å². The lowest BCUT2D eigenvalue weighted by atomic mass is 10.1. The Bertz CT molecular complexity index is 962. The summed E-state index contributed by atoms with van der Waals surface area (Å²) in [5.74, 6) is 0.455. The average molecular weight is 339 g/mol. The number of thiophene rings is 1. The number of rotatable bonds is 4. The van der Waals surface area contributed by atoms with E-state index < -0.39 is 0 Å². The van der Waals surface area contributed by atoms with Gasteiger partial charge in [0.1, 0.15) is 18.0 Å². The van der Waals surface area contributed by atoms with Crippen molar-refractivity contribution in [3.8, 4) is 0 Å². The van der Waals surface area contributed by atoms with E-state index in [-0.39, 0.29) is 11.9 Å². The van der Waals surface area contributed by atoms with Crippen LogP contribution in [0.15, 0.2) is 54.3 Å². The summed E-state index contributed by atoms with van der Waals surface area (Å²) in [6.07, 6.45) is 3.26. The van der Waals surface area contributed by atoms with Gasteiger partial charge in [-0.25, -0.2) is 14.4 Å². The largest absolute Gasteiger partial charge is 0.358 e. The Labute approximate surface area is 141 Å². The number of nitrogens with zero attached hydrogens (tertiary/aromatic N) is 4. The number of nitrogens with one attached hydrogen (secondary N) is 1. The summed E-state index contributed by atoms with van der Waals surface area (Å²) in [4.78, 5) is 9.75. The molecule has 1 N–H and O–H groups in total. The Kier molecular flexibility index (Phi) is 3.70. The Morgan fingerprint density at radius 1 is 1.17 bits per heavy atom. The van der Waals surface area contributed by atoms with Crippen LogP contribution in [-0.2, 0) is 7.05 Å². The van der Waals surface area contributed by atoms with Crippen molar-refractivity contribution < 1.29 is 4.39 Å². The standard InChI is InChI=1S/C17H14FN5S/c1-23-17-13(9-21-23)16(19-10-20-17)22-15(14-3-2-8-24-14)11-4-6-12(18)7-5-11/h2-10,15H,1H3,(H,19,20,22). The maximum Gasteiger partial charge on any atom is 0.163 e. The third kappa shape index (κ3) is 2.63. The van der Waals surface area contributed by atoms with E-state index in [1.165, 1.54) is 18.5 Å². The molecule has 0 radical (unpaired) electrons. The first-order valence-electron chi connectivity index (χ1n) is 7.40. The highest BCUT2D eigenvalue weighted by Gasteiger charge is 2.18. The van der Waals surface area contributed by atoms with Gasteiger partial charge in [-0.15, -0.1) is 11.3 Å². The molecule has 5 nitrogen and oxygen atoms in total. The Hall–Kier alpha value is -2.80. The molecule has 0 aliphatic carbocycles. The lowest BCUT2D eigenvalue weighted by molar-refractivity contribution is 0.626. The van der Waals surface area contributed by atoms with Crippen LogP contribution in [0.1, 0.15) is 16.5 Å². The average Bonchev–Trinajstić information content (AvgIpc) is 3.25. The second kappa shape index (κ2) is 6.01. The number of aromatic nitrogens is 4. The van der Waals surface area contributed by atoms with E-state index in [2.05, 4.69) is 20.4 Å². The molecule has 7 heteroatoms. The Morgan fingerprint density at radius 3 is 2.75 bits per heavy atom. The molecule has 24 heavy (non-hydrogen) atoms. The van der Waals surface area contributed by atoms with Gasteiger partial charge < -0.3 is 5.32 Å². The van der Waals surface area contributed by atoms with Crippen LogP contribution in [0.3, 0.4) is 0 Å². The third-order valence-corrected chi connectivity index (χ3v) is 4.78. The first-order chi connectivity index (χ1) is 11.7. The van der Waals surface area contributed by atoms with Gasteiger partial charge in [-0.1, -0.05) is 18.2 Å². The molecule has 0 fully saturated rings. The van der Waals surface area contributed by atoms with E-state index in [9.17, 15) is 4.39 Å². The van der Waals surface area contributed by atoms with Crippen LogP contribution in [0.4, 0.5) is 10.2 Å². The van der Waals surface area contributed by atoms with Crippen LogP contribution in [0, 0.1) is 5.82 Å². The molecule has 0 saturated carbocycles. The van der Waals surface area contributed by atoms with Crippen LogP contribution < -0.4 is 5.32 Å². The van der Waals surface area contributed by atoms with Crippen LogP contribution in [0.25, 0.3) is 11.0 Å². The predicted octanol–water partition coefficient (Wildman–Crippen LogP) is 3.77. The molecule has 0 aliphatic rings. The molecule has 1 unspecified atom stereocenters. The maximum absolute atomic E-state index is 13.3. The lowest BCUT2D eigenvalue weighted by Gasteiger charge is -2.19. The van der Waals surface area contributed by atoms with Gasteiger partial charge in [0.2, 0.25) is 0 Å². The number of aryl methyl sites for hydroxylation is 1. The summed E-state index contributed by atoms with van der Waals surface area (Å²) >= 11 is 1.64.